The Kier molecular flexibility index (Phi) is 4.52. The molecule has 0 spiro atoms. The Morgan fingerprint density at radius 3 is 1.90 bits per heavy atom. The lowest BCUT2D eigenvalue weighted by Gasteiger charge is -2.10. The molecule has 0 unspecified atom stereocenters. The smallest absolute Gasteiger partial charge is 0.203 e. The first kappa shape index (κ1) is 15.0. The van der Waals surface area contributed by atoms with Crippen LogP contribution < -0.4 is 15.2 Å². The highest BCUT2D eigenvalue weighted by Crippen LogP contribution is 2.26. The summed E-state index contributed by atoms with van der Waals surface area (Å²) in [6, 6.07) is 6.52. The van der Waals surface area contributed by atoms with Crippen LogP contribution in [0.25, 0.3) is 0 Å². The maximum atomic E-state index is 13.3. The third kappa shape index (κ3) is 3.56. The van der Waals surface area contributed by atoms with Gasteiger partial charge in [-0.25, -0.2) is 8.78 Å². The van der Waals surface area contributed by atoms with Crippen LogP contribution in [0.2, 0.25) is 0 Å². The van der Waals surface area contributed by atoms with Crippen molar-refractivity contribution in [2.75, 3.05) is 18.9 Å². The van der Waals surface area contributed by atoms with E-state index in [2.05, 4.69) is 0 Å². The van der Waals surface area contributed by atoms with Crippen LogP contribution in [-0.4, -0.2) is 13.2 Å². The van der Waals surface area contributed by atoms with E-state index in [4.69, 9.17) is 15.2 Å². The monoisotopic (exact) mass is 301 g/mol. The van der Waals surface area contributed by atoms with E-state index in [0.29, 0.717) is 11.4 Å². The normalized spacial score (nSPS) is 10.5. The predicted molar refractivity (Wildman–Crippen MR) is 68.1 cm³/mol. The van der Waals surface area contributed by atoms with Gasteiger partial charge in [0.05, 0.1) is 0 Å². The fourth-order valence-corrected chi connectivity index (χ4v) is 1.55. The van der Waals surface area contributed by atoms with Gasteiger partial charge in [0.2, 0.25) is 11.6 Å². The van der Waals surface area contributed by atoms with Gasteiger partial charge in [0.25, 0.3) is 0 Å². The summed E-state index contributed by atoms with van der Waals surface area (Å²) in [6.45, 7) is -0.359. The first-order valence-electron chi connectivity index (χ1n) is 5.93. The summed E-state index contributed by atoms with van der Waals surface area (Å²) in [5.41, 5.74) is 6.04. The van der Waals surface area contributed by atoms with Gasteiger partial charge in [-0.3, -0.25) is 0 Å². The number of nitrogens with two attached hydrogens (primary N) is 1. The van der Waals surface area contributed by atoms with Crippen LogP contribution in [0.4, 0.5) is 23.2 Å². The minimum absolute atomic E-state index is 0.0685. The molecular formula is C14H11F4NO2. The number of ether oxygens (including phenoxy) is 2. The van der Waals surface area contributed by atoms with E-state index in [1.807, 2.05) is 0 Å². The second kappa shape index (κ2) is 6.34. The van der Waals surface area contributed by atoms with E-state index >= 15 is 0 Å². The Balaban J connectivity index is 1.93. The highest BCUT2D eigenvalue weighted by molar-refractivity contribution is 5.41. The van der Waals surface area contributed by atoms with E-state index in [9.17, 15) is 17.6 Å². The van der Waals surface area contributed by atoms with E-state index in [1.54, 1.807) is 24.3 Å². The van der Waals surface area contributed by atoms with Crippen LogP contribution in [0.3, 0.4) is 0 Å². The summed E-state index contributed by atoms with van der Waals surface area (Å²) in [4.78, 5) is 0. The molecule has 0 aliphatic carbocycles. The Morgan fingerprint density at radius 2 is 1.33 bits per heavy atom. The molecule has 0 atom stereocenters. The van der Waals surface area contributed by atoms with Gasteiger partial charge >= 0.3 is 0 Å². The Morgan fingerprint density at radius 1 is 0.810 bits per heavy atom. The van der Waals surface area contributed by atoms with Crippen molar-refractivity contribution in [2.45, 2.75) is 0 Å². The molecule has 0 heterocycles. The van der Waals surface area contributed by atoms with E-state index in [0.717, 1.165) is 0 Å². The minimum atomic E-state index is -1.58. The fourth-order valence-electron chi connectivity index (χ4n) is 1.55. The van der Waals surface area contributed by atoms with Crippen molar-refractivity contribution in [3.63, 3.8) is 0 Å². The van der Waals surface area contributed by atoms with Gasteiger partial charge < -0.3 is 15.2 Å². The van der Waals surface area contributed by atoms with Gasteiger partial charge in [0.15, 0.2) is 17.4 Å². The molecule has 0 saturated heterocycles. The zero-order chi connectivity index (χ0) is 15.4. The van der Waals surface area contributed by atoms with Crippen LogP contribution in [0.1, 0.15) is 0 Å². The highest BCUT2D eigenvalue weighted by atomic mass is 19.2. The van der Waals surface area contributed by atoms with Gasteiger partial charge in [-0.1, -0.05) is 0 Å². The third-order valence-electron chi connectivity index (χ3n) is 2.55. The van der Waals surface area contributed by atoms with Crippen molar-refractivity contribution < 1.29 is 27.0 Å². The molecule has 3 nitrogen and oxygen atoms in total. The average molecular weight is 301 g/mol. The summed E-state index contributed by atoms with van der Waals surface area (Å²) in [5.74, 6) is -6.85. The lowest BCUT2D eigenvalue weighted by molar-refractivity contribution is 0.201. The Hall–Kier alpha value is -2.44. The minimum Gasteiger partial charge on any atom is -0.490 e. The molecule has 0 amide bonds. The molecule has 0 saturated carbocycles. The number of hydrogen-bond acceptors (Lipinski definition) is 3. The van der Waals surface area contributed by atoms with Crippen molar-refractivity contribution in [1.82, 2.24) is 0 Å². The Bertz CT molecular complexity index is 606. The SMILES string of the molecule is Nc1ccc(OCCOc2c(F)c(F)cc(F)c2F)cc1. The van der Waals surface area contributed by atoms with Gasteiger partial charge in [-0.15, -0.1) is 0 Å². The fraction of sp³-hybridized carbons (Fsp3) is 0.143. The summed E-state index contributed by atoms with van der Waals surface area (Å²) < 4.78 is 62.3. The van der Waals surface area contributed by atoms with Crippen LogP contribution in [0.5, 0.6) is 11.5 Å². The molecule has 2 aromatic rings. The van der Waals surface area contributed by atoms with Crippen molar-refractivity contribution >= 4 is 5.69 Å². The average Bonchev–Trinajstić information content (AvgIpc) is 2.46. The number of nitrogen functional groups attached to an aromatic ring is 1. The second-order valence-electron chi connectivity index (χ2n) is 4.06. The first-order chi connectivity index (χ1) is 9.99. The number of rotatable bonds is 5. The number of anilines is 1. The standard InChI is InChI=1S/C14H11F4NO2/c15-10-7-11(16)13(18)14(12(10)17)21-6-5-20-9-3-1-8(19)2-4-9/h1-4,7H,5-6,19H2. The molecule has 21 heavy (non-hydrogen) atoms. The number of halogens is 4. The zero-order valence-electron chi connectivity index (χ0n) is 10.7. The molecule has 112 valence electrons. The van der Waals surface area contributed by atoms with Gasteiger partial charge in [0, 0.05) is 11.8 Å². The highest BCUT2D eigenvalue weighted by Gasteiger charge is 2.20. The summed E-state index contributed by atoms with van der Waals surface area (Å²) in [6.07, 6.45) is 0. The third-order valence-corrected chi connectivity index (χ3v) is 2.55. The molecule has 0 radical (unpaired) electrons. The topological polar surface area (TPSA) is 44.5 Å². The second-order valence-corrected chi connectivity index (χ2v) is 4.06. The first-order valence-corrected chi connectivity index (χ1v) is 5.93. The quantitative estimate of drug-likeness (QED) is 0.399. The molecule has 2 N–H and O–H groups in total. The summed E-state index contributed by atoms with van der Waals surface area (Å²) in [7, 11) is 0. The lowest BCUT2D eigenvalue weighted by atomic mass is 10.3. The molecule has 0 bridgehead atoms. The lowest BCUT2D eigenvalue weighted by Crippen LogP contribution is -2.12. The van der Waals surface area contributed by atoms with Crippen LogP contribution in [0.15, 0.2) is 30.3 Å². The van der Waals surface area contributed by atoms with Gasteiger partial charge in [0.1, 0.15) is 19.0 Å². The van der Waals surface area contributed by atoms with E-state index < -0.39 is 29.0 Å². The van der Waals surface area contributed by atoms with Crippen molar-refractivity contribution in [3.05, 3.63) is 53.6 Å². The van der Waals surface area contributed by atoms with Gasteiger partial charge in [-0.05, 0) is 24.3 Å². The zero-order valence-corrected chi connectivity index (χ0v) is 10.7. The number of hydrogen-bond donors (Lipinski definition) is 1. The van der Waals surface area contributed by atoms with E-state index in [1.165, 1.54) is 0 Å². The number of benzene rings is 2. The van der Waals surface area contributed by atoms with Crippen molar-refractivity contribution in [1.29, 1.82) is 0 Å². The summed E-state index contributed by atoms with van der Waals surface area (Å²) in [5, 5.41) is 0. The molecule has 0 fully saturated rings. The van der Waals surface area contributed by atoms with Crippen molar-refractivity contribution in [2.24, 2.45) is 0 Å². The van der Waals surface area contributed by atoms with E-state index in [-0.39, 0.29) is 19.3 Å². The van der Waals surface area contributed by atoms with Gasteiger partial charge in [-0.2, -0.15) is 8.78 Å². The Labute approximate surface area is 117 Å². The molecule has 7 heteroatoms. The molecular weight excluding hydrogens is 290 g/mol. The maximum Gasteiger partial charge on any atom is 0.203 e. The molecule has 0 aromatic heterocycles. The van der Waals surface area contributed by atoms with Crippen LogP contribution in [0, 0.1) is 23.3 Å². The largest absolute Gasteiger partial charge is 0.490 e. The summed E-state index contributed by atoms with van der Waals surface area (Å²) >= 11 is 0. The predicted octanol–water partition coefficient (Wildman–Crippen LogP) is 3.28. The van der Waals surface area contributed by atoms with Crippen LogP contribution >= 0.6 is 0 Å². The van der Waals surface area contributed by atoms with Crippen LogP contribution in [-0.2, 0) is 0 Å². The molecule has 0 aliphatic heterocycles. The molecule has 2 rings (SSSR count). The van der Waals surface area contributed by atoms with Crippen molar-refractivity contribution in [3.8, 4) is 11.5 Å². The molecule has 2 aromatic carbocycles. The maximum absolute atomic E-state index is 13.3. The molecule has 0 aliphatic rings.